The summed E-state index contributed by atoms with van der Waals surface area (Å²) >= 11 is 1.87. The maximum atomic E-state index is 4.22. The molecule has 0 aromatic carbocycles. The summed E-state index contributed by atoms with van der Waals surface area (Å²) in [5, 5.41) is 13.6. The molecule has 0 amide bonds. The highest BCUT2D eigenvalue weighted by atomic mass is 32.2. The van der Waals surface area contributed by atoms with Crippen LogP contribution in [0.4, 0.5) is 0 Å². The lowest BCUT2D eigenvalue weighted by molar-refractivity contribution is 0.549. The van der Waals surface area contributed by atoms with Gasteiger partial charge in [0.05, 0.1) is 0 Å². The highest BCUT2D eigenvalue weighted by molar-refractivity contribution is 7.99. The van der Waals surface area contributed by atoms with Crippen LogP contribution in [-0.4, -0.2) is 32.6 Å². The lowest BCUT2D eigenvalue weighted by atomic mass is 10.2. The van der Waals surface area contributed by atoms with Crippen LogP contribution in [0, 0.1) is 6.92 Å². The van der Waals surface area contributed by atoms with Crippen molar-refractivity contribution in [1.29, 1.82) is 0 Å². The van der Waals surface area contributed by atoms with Crippen LogP contribution in [0.3, 0.4) is 0 Å². The van der Waals surface area contributed by atoms with Gasteiger partial charge in [0.2, 0.25) is 0 Å². The van der Waals surface area contributed by atoms with E-state index in [0.29, 0.717) is 11.3 Å². The number of hydrogen-bond acceptors (Lipinski definition) is 4. The molecule has 1 aliphatic rings. The zero-order valence-corrected chi connectivity index (χ0v) is 11.0. The first-order chi connectivity index (χ1) is 7.72. The lowest BCUT2D eigenvalue weighted by Gasteiger charge is -2.19. The van der Waals surface area contributed by atoms with Gasteiger partial charge >= 0.3 is 0 Å². The summed E-state index contributed by atoms with van der Waals surface area (Å²) in [5.41, 5.74) is 0. The molecule has 16 heavy (non-hydrogen) atoms. The van der Waals surface area contributed by atoms with Gasteiger partial charge in [-0.05, 0) is 26.3 Å². The summed E-state index contributed by atoms with van der Waals surface area (Å²) in [6.45, 7) is 5.22. The molecule has 5 heteroatoms. The van der Waals surface area contributed by atoms with Gasteiger partial charge in [0.1, 0.15) is 5.82 Å². The van der Waals surface area contributed by atoms with E-state index in [0.717, 1.165) is 17.5 Å². The summed E-state index contributed by atoms with van der Waals surface area (Å²) < 4.78 is 2.08. The first-order valence-corrected chi connectivity index (χ1v) is 6.86. The van der Waals surface area contributed by atoms with E-state index in [1.54, 1.807) is 0 Å². The summed E-state index contributed by atoms with van der Waals surface area (Å²) in [7, 11) is 2.04. The molecule has 0 aliphatic heterocycles. The van der Waals surface area contributed by atoms with Gasteiger partial charge in [-0.2, -0.15) is 0 Å². The molecule has 0 spiro atoms. The van der Waals surface area contributed by atoms with Gasteiger partial charge in [0, 0.05) is 18.3 Å². The van der Waals surface area contributed by atoms with E-state index in [4.69, 9.17) is 0 Å². The Bertz CT molecular complexity index is 350. The normalized spacial score (nSPS) is 25.2. The van der Waals surface area contributed by atoms with Crippen molar-refractivity contribution in [2.75, 3.05) is 6.54 Å². The number of aromatic nitrogens is 3. The van der Waals surface area contributed by atoms with Crippen molar-refractivity contribution >= 4 is 11.8 Å². The van der Waals surface area contributed by atoms with E-state index in [1.165, 1.54) is 19.3 Å². The van der Waals surface area contributed by atoms with Gasteiger partial charge in [-0.3, -0.25) is 0 Å². The molecule has 1 heterocycles. The second kappa shape index (κ2) is 5.19. The molecule has 90 valence electrons. The van der Waals surface area contributed by atoms with Gasteiger partial charge in [-0.25, -0.2) is 0 Å². The van der Waals surface area contributed by atoms with Gasteiger partial charge in [-0.15, -0.1) is 10.2 Å². The molecule has 2 rings (SSSR count). The van der Waals surface area contributed by atoms with E-state index in [-0.39, 0.29) is 0 Å². The first kappa shape index (κ1) is 11.9. The Balaban J connectivity index is 2.01. The summed E-state index contributed by atoms with van der Waals surface area (Å²) in [5.74, 6) is 0.987. The zero-order chi connectivity index (χ0) is 11.5. The summed E-state index contributed by atoms with van der Waals surface area (Å²) in [4.78, 5) is 0. The van der Waals surface area contributed by atoms with Crippen molar-refractivity contribution in [3.63, 3.8) is 0 Å². The average molecular weight is 240 g/mol. The van der Waals surface area contributed by atoms with Crippen molar-refractivity contribution in [3.8, 4) is 0 Å². The van der Waals surface area contributed by atoms with E-state index in [9.17, 15) is 0 Å². The van der Waals surface area contributed by atoms with Crippen molar-refractivity contribution in [2.45, 2.75) is 49.6 Å². The Morgan fingerprint density at radius 1 is 1.44 bits per heavy atom. The molecule has 1 N–H and O–H groups in total. The number of aryl methyl sites for hydroxylation is 1. The predicted molar refractivity (Wildman–Crippen MR) is 66.7 cm³/mol. The maximum absolute atomic E-state index is 4.22. The molecule has 1 saturated carbocycles. The van der Waals surface area contributed by atoms with Crippen LogP contribution in [0.15, 0.2) is 5.16 Å². The minimum Gasteiger partial charge on any atom is -0.313 e. The molecular weight excluding hydrogens is 220 g/mol. The largest absolute Gasteiger partial charge is 0.313 e. The van der Waals surface area contributed by atoms with E-state index in [2.05, 4.69) is 27.0 Å². The van der Waals surface area contributed by atoms with Gasteiger partial charge < -0.3 is 9.88 Å². The number of rotatable bonds is 4. The molecule has 2 unspecified atom stereocenters. The zero-order valence-electron chi connectivity index (χ0n) is 10.2. The Morgan fingerprint density at radius 3 is 2.88 bits per heavy atom. The minimum atomic E-state index is 0.645. The monoisotopic (exact) mass is 240 g/mol. The summed E-state index contributed by atoms with van der Waals surface area (Å²) in [6.07, 6.45) is 3.91. The fourth-order valence-corrected chi connectivity index (χ4v) is 3.52. The SMILES string of the molecule is CCNC1CCCC1Sc1nnc(C)n1C. The van der Waals surface area contributed by atoms with Crippen LogP contribution in [0.5, 0.6) is 0 Å². The molecule has 1 fully saturated rings. The van der Waals surface area contributed by atoms with Crippen molar-refractivity contribution in [1.82, 2.24) is 20.1 Å². The standard InChI is InChI=1S/C11H20N4S/c1-4-12-9-6-5-7-10(9)16-11-14-13-8(2)15(11)3/h9-10,12H,4-7H2,1-3H3. The van der Waals surface area contributed by atoms with Crippen LogP contribution in [0.2, 0.25) is 0 Å². The van der Waals surface area contributed by atoms with Gasteiger partial charge in [-0.1, -0.05) is 25.1 Å². The van der Waals surface area contributed by atoms with E-state index >= 15 is 0 Å². The molecule has 2 atom stereocenters. The van der Waals surface area contributed by atoms with Crippen LogP contribution < -0.4 is 5.32 Å². The fraction of sp³-hybridized carbons (Fsp3) is 0.818. The van der Waals surface area contributed by atoms with E-state index < -0.39 is 0 Å². The van der Waals surface area contributed by atoms with Crippen molar-refractivity contribution < 1.29 is 0 Å². The molecule has 0 radical (unpaired) electrons. The highest BCUT2D eigenvalue weighted by Gasteiger charge is 2.28. The highest BCUT2D eigenvalue weighted by Crippen LogP contribution is 2.34. The van der Waals surface area contributed by atoms with E-state index in [1.807, 2.05) is 25.7 Å². The number of hydrogen-bond donors (Lipinski definition) is 1. The third-order valence-electron chi connectivity index (χ3n) is 3.23. The molecular formula is C11H20N4S. The third kappa shape index (κ3) is 2.40. The van der Waals surface area contributed by atoms with Gasteiger partial charge in [0.15, 0.2) is 5.16 Å². The lowest BCUT2D eigenvalue weighted by Crippen LogP contribution is -2.33. The Morgan fingerprint density at radius 2 is 2.25 bits per heavy atom. The quantitative estimate of drug-likeness (QED) is 0.870. The van der Waals surface area contributed by atoms with Crippen LogP contribution in [0.1, 0.15) is 32.0 Å². The molecule has 1 aromatic heterocycles. The average Bonchev–Trinajstić information content (AvgIpc) is 2.82. The minimum absolute atomic E-state index is 0.645. The molecule has 1 aliphatic carbocycles. The van der Waals surface area contributed by atoms with Crippen LogP contribution in [-0.2, 0) is 7.05 Å². The first-order valence-electron chi connectivity index (χ1n) is 5.98. The third-order valence-corrected chi connectivity index (χ3v) is 4.66. The maximum Gasteiger partial charge on any atom is 0.191 e. The second-order valence-corrected chi connectivity index (χ2v) is 5.55. The molecule has 4 nitrogen and oxygen atoms in total. The smallest absolute Gasteiger partial charge is 0.191 e. The number of thioether (sulfide) groups is 1. The predicted octanol–water partition coefficient (Wildman–Crippen LogP) is 1.75. The van der Waals surface area contributed by atoms with Crippen LogP contribution in [0.25, 0.3) is 0 Å². The van der Waals surface area contributed by atoms with Gasteiger partial charge in [0.25, 0.3) is 0 Å². The van der Waals surface area contributed by atoms with Crippen LogP contribution >= 0.6 is 11.8 Å². The molecule has 0 bridgehead atoms. The molecule has 0 saturated heterocycles. The molecule has 1 aromatic rings. The second-order valence-electron chi connectivity index (χ2n) is 4.34. The summed E-state index contributed by atoms with van der Waals surface area (Å²) in [6, 6.07) is 0.645. The van der Waals surface area contributed by atoms with Crippen molar-refractivity contribution in [3.05, 3.63) is 5.82 Å². The number of nitrogens with one attached hydrogen (secondary N) is 1. The Labute approximate surface area is 101 Å². The Hall–Kier alpha value is -0.550. The topological polar surface area (TPSA) is 42.7 Å². The number of nitrogens with zero attached hydrogens (tertiary/aromatic N) is 3. The fourth-order valence-electron chi connectivity index (χ4n) is 2.19. The van der Waals surface area contributed by atoms with Crippen molar-refractivity contribution in [2.24, 2.45) is 7.05 Å². The Kier molecular flexibility index (Phi) is 3.86.